The molecule has 3 aliphatic heterocycles. The maximum absolute atomic E-state index is 12.4. The van der Waals surface area contributed by atoms with E-state index in [4.69, 9.17) is 9.47 Å². The van der Waals surface area contributed by atoms with Crippen molar-refractivity contribution in [2.45, 2.75) is 31.3 Å². The Morgan fingerprint density at radius 2 is 2.09 bits per heavy atom. The molecule has 0 N–H and O–H groups in total. The largest absolute Gasteiger partial charge is 0.454 e. The van der Waals surface area contributed by atoms with Crippen LogP contribution >= 0.6 is 0 Å². The Hall–Kier alpha value is -2.01. The molecule has 2 fully saturated rings. The molecule has 0 aromatic heterocycles. The maximum atomic E-state index is 12.4. The molecule has 1 aromatic carbocycles. The summed E-state index contributed by atoms with van der Waals surface area (Å²) in [5, 5.41) is 0. The molecule has 3 atom stereocenters. The second kappa shape index (κ2) is 4.99. The Morgan fingerprint density at radius 3 is 2.96 bits per heavy atom. The first-order valence-corrected chi connectivity index (χ1v) is 8.42. The normalized spacial score (nSPS) is 31.6. The summed E-state index contributed by atoms with van der Waals surface area (Å²) >= 11 is 0. The van der Waals surface area contributed by atoms with Crippen LogP contribution in [0.1, 0.15) is 30.9 Å². The summed E-state index contributed by atoms with van der Waals surface area (Å²) in [6, 6.07) is 6.91. The van der Waals surface area contributed by atoms with E-state index in [1.165, 1.54) is 12.0 Å². The summed E-state index contributed by atoms with van der Waals surface area (Å²) in [7, 11) is 0. The number of ether oxygens (including phenoxy) is 2. The highest BCUT2D eigenvalue weighted by Crippen LogP contribution is 2.40. The van der Waals surface area contributed by atoms with Crippen molar-refractivity contribution in [3.63, 3.8) is 0 Å². The fourth-order valence-electron chi connectivity index (χ4n) is 4.33. The van der Waals surface area contributed by atoms with E-state index < -0.39 is 0 Å². The average Bonchev–Trinajstić information content (AvgIpc) is 3.32. The molecule has 1 aromatic rings. The van der Waals surface area contributed by atoms with Crippen molar-refractivity contribution < 1.29 is 14.3 Å². The first-order chi connectivity index (χ1) is 11.3. The smallest absolute Gasteiger partial charge is 0.231 e. The van der Waals surface area contributed by atoms with E-state index in [9.17, 15) is 4.79 Å². The third-order valence-electron chi connectivity index (χ3n) is 5.54. The molecule has 5 heteroatoms. The van der Waals surface area contributed by atoms with Crippen LogP contribution in [-0.2, 0) is 4.79 Å². The van der Waals surface area contributed by atoms with Crippen molar-refractivity contribution in [3.8, 4) is 11.5 Å². The molecule has 0 spiro atoms. The fraction of sp³-hybridized carbons (Fsp3) is 0.500. The molecule has 23 heavy (non-hydrogen) atoms. The molecule has 0 radical (unpaired) electrons. The standard InChI is InChI=1S/C18H20N2O3/c21-18-13-3-5-14(8-13)20(18)10-19-7-1-2-15(19)12-4-6-16-17(9-12)23-11-22-16/h3-6,9,13-15H,1-2,7-8,10-11H2. The number of carbonyl (C=O) groups excluding carboxylic acids is 1. The van der Waals surface area contributed by atoms with Crippen molar-refractivity contribution in [1.29, 1.82) is 0 Å². The Kier molecular flexibility index (Phi) is 2.92. The summed E-state index contributed by atoms with van der Waals surface area (Å²) in [4.78, 5) is 16.8. The number of likely N-dealkylation sites (tertiary alicyclic amines) is 2. The van der Waals surface area contributed by atoms with Gasteiger partial charge in [-0.15, -0.1) is 0 Å². The van der Waals surface area contributed by atoms with Crippen LogP contribution in [0.3, 0.4) is 0 Å². The summed E-state index contributed by atoms with van der Waals surface area (Å²) in [5.74, 6) is 2.10. The molecular formula is C18H20N2O3. The third-order valence-corrected chi connectivity index (χ3v) is 5.54. The second-order valence-electron chi connectivity index (χ2n) is 6.83. The van der Waals surface area contributed by atoms with Gasteiger partial charge in [0.2, 0.25) is 12.7 Å². The minimum absolute atomic E-state index is 0.131. The number of carbonyl (C=O) groups is 1. The Bertz CT molecular complexity index is 687. The van der Waals surface area contributed by atoms with Gasteiger partial charge in [-0.2, -0.15) is 0 Å². The van der Waals surface area contributed by atoms with Gasteiger partial charge in [0.25, 0.3) is 0 Å². The summed E-state index contributed by atoms with van der Waals surface area (Å²) in [6.07, 6.45) is 7.54. The number of benzene rings is 1. The SMILES string of the molecule is O=C1C2C=CC(C2)N1CN1CCCC1c1ccc2c(c1)OCO2. The highest BCUT2D eigenvalue weighted by atomic mass is 16.7. The van der Waals surface area contributed by atoms with Crippen LogP contribution in [-0.4, -0.2) is 41.8 Å². The van der Waals surface area contributed by atoms with E-state index in [1.54, 1.807) is 0 Å². The molecule has 3 heterocycles. The summed E-state index contributed by atoms with van der Waals surface area (Å²) in [5.41, 5.74) is 1.26. The molecule has 5 nitrogen and oxygen atoms in total. The van der Waals surface area contributed by atoms with Crippen LogP contribution < -0.4 is 9.47 Å². The van der Waals surface area contributed by atoms with Crippen LogP contribution in [0.25, 0.3) is 0 Å². The molecule has 5 rings (SSSR count). The zero-order valence-electron chi connectivity index (χ0n) is 13.0. The number of fused-ring (bicyclic) bond motifs is 3. The highest BCUT2D eigenvalue weighted by molar-refractivity contribution is 5.85. The molecule has 2 bridgehead atoms. The minimum atomic E-state index is 0.131. The lowest BCUT2D eigenvalue weighted by atomic mass is 10.0. The zero-order valence-corrected chi connectivity index (χ0v) is 13.0. The van der Waals surface area contributed by atoms with Gasteiger partial charge < -0.3 is 14.4 Å². The van der Waals surface area contributed by atoms with E-state index in [0.717, 1.165) is 37.6 Å². The monoisotopic (exact) mass is 312 g/mol. The number of hydrogen-bond acceptors (Lipinski definition) is 4. The van der Waals surface area contributed by atoms with Gasteiger partial charge in [-0.3, -0.25) is 9.69 Å². The van der Waals surface area contributed by atoms with Gasteiger partial charge in [0.15, 0.2) is 11.5 Å². The average molecular weight is 312 g/mol. The van der Waals surface area contributed by atoms with Crippen molar-refractivity contribution in [3.05, 3.63) is 35.9 Å². The number of rotatable bonds is 3. The zero-order chi connectivity index (χ0) is 15.4. The molecule has 4 aliphatic rings. The van der Waals surface area contributed by atoms with Gasteiger partial charge in [-0.1, -0.05) is 18.2 Å². The van der Waals surface area contributed by atoms with E-state index in [-0.39, 0.29) is 5.92 Å². The molecule has 1 aliphatic carbocycles. The molecule has 3 unspecified atom stereocenters. The number of amides is 1. The second-order valence-corrected chi connectivity index (χ2v) is 6.83. The topological polar surface area (TPSA) is 42.0 Å². The van der Waals surface area contributed by atoms with Gasteiger partial charge in [-0.25, -0.2) is 0 Å². The van der Waals surface area contributed by atoms with Crippen LogP contribution in [0.2, 0.25) is 0 Å². The van der Waals surface area contributed by atoms with Gasteiger partial charge >= 0.3 is 0 Å². The van der Waals surface area contributed by atoms with Crippen molar-refractivity contribution in [2.75, 3.05) is 20.0 Å². The quantitative estimate of drug-likeness (QED) is 0.803. The lowest BCUT2D eigenvalue weighted by molar-refractivity contribution is -0.133. The minimum Gasteiger partial charge on any atom is -0.454 e. The summed E-state index contributed by atoms with van der Waals surface area (Å²) in [6.45, 7) is 2.10. The molecule has 0 saturated carbocycles. The molecular weight excluding hydrogens is 292 g/mol. The van der Waals surface area contributed by atoms with Crippen molar-refractivity contribution in [1.82, 2.24) is 9.80 Å². The van der Waals surface area contributed by atoms with Crippen LogP contribution in [0.15, 0.2) is 30.4 Å². The Labute approximate surface area is 135 Å². The highest BCUT2D eigenvalue weighted by Gasteiger charge is 2.42. The Balaban J connectivity index is 1.36. The van der Waals surface area contributed by atoms with Crippen LogP contribution in [0, 0.1) is 5.92 Å². The van der Waals surface area contributed by atoms with Crippen molar-refractivity contribution >= 4 is 5.91 Å². The maximum Gasteiger partial charge on any atom is 0.231 e. The van der Waals surface area contributed by atoms with Gasteiger partial charge in [0.1, 0.15) is 0 Å². The number of hydrogen-bond donors (Lipinski definition) is 0. The van der Waals surface area contributed by atoms with Crippen LogP contribution in [0.5, 0.6) is 11.5 Å². The predicted octanol–water partition coefficient (Wildman–Crippen LogP) is 2.30. The van der Waals surface area contributed by atoms with Gasteiger partial charge in [-0.05, 0) is 37.0 Å². The lowest BCUT2D eigenvalue weighted by Gasteiger charge is -2.33. The van der Waals surface area contributed by atoms with E-state index in [0.29, 0.717) is 24.8 Å². The van der Waals surface area contributed by atoms with Crippen molar-refractivity contribution in [2.24, 2.45) is 5.92 Å². The van der Waals surface area contributed by atoms with Gasteiger partial charge in [0.05, 0.1) is 18.6 Å². The third kappa shape index (κ3) is 2.06. The van der Waals surface area contributed by atoms with E-state index >= 15 is 0 Å². The molecule has 1 amide bonds. The fourth-order valence-corrected chi connectivity index (χ4v) is 4.33. The molecule has 2 saturated heterocycles. The lowest BCUT2D eigenvalue weighted by Crippen LogP contribution is -2.43. The first kappa shape index (κ1) is 13.4. The van der Waals surface area contributed by atoms with Crippen LogP contribution in [0.4, 0.5) is 0 Å². The van der Waals surface area contributed by atoms with Gasteiger partial charge in [0, 0.05) is 12.6 Å². The van der Waals surface area contributed by atoms with E-state index in [2.05, 4.69) is 34.1 Å². The summed E-state index contributed by atoms with van der Waals surface area (Å²) < 4.78 is 10.9. The number of nitrogens with zero attached hydrogens (tertiary/aromatic N) is 2. The van der Waals surface area contributed by atoms with E-state index in [1.807, 2.05) is 6.07 Å². The Morgan fingerprint density at radius 1 is 1.17 bits per heavy atom. The predicted molar refractivity (Wildman–Crippen MR) is 84.0 cm³/mol. The first-order valence-electron chi connectivity index (χ1n) is 8.42. The molecule has 120 valence electrons.